The molecule has 82 valence electrons. The van der Waals surface area contributed by atoms with Gasteiger partial charge in [0.1, 0.15) is 0 Å². The number of rotatable bonds is 8. The van der Waals surface area contributed by atoms with E-state index in [1.807, 2.05) is 6.08 Å². The number of allylic oxidation sites excluding steroid dienone is 6. The van der Waals surface area contributed by atoms with Crippen molar-refractivity contribution in [1.82, 2.24) is 0 Å². The lowest BCUT2D eigenvalue weighted by Gasteiger charge is -1.86. The Balaban J connectivity index is 3.31. The van der Waals surface area contributed by atoms with Gasteiger partial charge in [-0.2, -0.15) is 5.26 Å². The van der Waals surface area contributed by atoms with Crippen molar-refractivity contribution in [3.63, 3.8) is 0 Å². The van der Waals surface area contributed by atoms with E-state index >= 15 is 0 Å². The van der Waals surface area contributed by atoms with E-state index in [1.54, 1.807) is 0 Å². The summed E-state index contributed by atoms with van der Waals surface area (Å²) < 4.78 is 0. The molecule has 0 amide bonds. The molecular formula is C14H21N. The molecule has 0 fully saturated rings. The molecule has 0 aliphatic rings. The Labute approximate surface area is 93.8 Å². The zero-order valence-electron chi connectivity index (χ0n) is 9.65. The van der Waals surface area contributed by atoms with Crippen LogP contribution in [0.3, 0.4) is 0 Å². The summed E-state index contributed by atoms with van der Waals surface area (Å²) in [4.78, 5) is 0. The summed E-state index contributed by atoms with van der Waals surface area (Å²) in [6, 6.07) is 2.08. The predicted octanol–water partition coefficient (Wildman–Crippen LogP) is 4.54. The maximum Gasteiger partial charge on any atom is 0.0663 e. The molecule has 0 radical (unpaired) electrons. The lowest BCUT2D eigenvalue weighted by atomic mass is 10.2. The molecule has 0 atom stereocenters. The van der Waals surface area contributed by atoms with Gasteiger partial charge in [-0.25, -0.2) is 0 Å². The fourth-order valence-corrected chi connectivity index (χ4v) is 1.12. The van der Waals surface area contributed by atoms with Crippen molar-refractivity contribution in [3.05, 3.63) is 36.5 Å². The molecule has 0 rings (SSSR count). The fourth-order valence-electron chi connectivity index (χ4n) is 1.12. The molecule has 0 aliphatic carbocycles. The summed E-state index contributed by atoms with van der Waals surface area (Å²) in [5.74, 6) is 0. The van der Waals surface area contributed by atoms with Crippen molar-refractivity contribution in [1.29, 1.82) is 5.26 Å². The molecule has 0 unspecified atom stereocenters. The number of nitriles is 1. The Kier molecular flexibility index (Phi) is 11.6. The van der Waals surface area contributed by atoms with Crippen LogP contribution in [0, 0.1) is 11.3 Å². The average Bonchev–Trinajstić information content (AvgIpc) is 2.26. The number of hydrogen-bond acceptors (Lipinski definition) is 1. The Morgan fingerprint density at radius 3 is 2.27 bits per heavy atom. The molecule has 0 aromatic heterocycles. The SMILES string of the molecule is CCCC/C=C/C=C/CC/C=C/CC#N. The van der Waals surface area contributed by atoms with Crippen LogP contribution in [-0.4, -0.2) is 0 Å². The number of unbranched alkanes of at least 4 members (excludes halogenated alkanes) is 3. The van der Waals surface area contributed by atoms with E-state index < -0.39 is 0 Å². The van der Waals surface area contributed by atoms with E-state index in [9.17, 15) is 0 Å². The Morgan fingerprint density at radius 1 is 0.933 bits per heavy atom. The van der Waals surface area contributed by atoms with Gasteiger partial charge in [0, 0.05) is 0 Å². The Bertz CT molecular complexity index is 241. The summed E-state index contributed by atoms with van der Waals surface area (Å²) in [6.45, 7) is 2.21. The second-order valence-electron chi connectivity index (χ2n) is 3.41. The maximum atomic E-state index is 8.29. The quantitative estimate of drug-likeness (QED) is 0.323. The highest BCUT2D eigenvalue weighted by molar-refractivity contribution is 5.03. The molecule has 0 aromatic rings. The zero-order valence-corrected chi connectivity index (χ0v) is 9.65. The minimum Gasteiger partial charge on any atom is -0.198 e. The van der Waals surface area contributed by atoms with Crippen molar-refractivity contribution in [2.24, 2.45) is 0 Å². The van der Waals surface area contributed by atoms with Gasteiger partial charge in [0.15, 0.2) is 0 Å². The molecule has 0 bridgehead atoms. The van der Waals surface area contributed by atoms with Gasteiger partial charge in [-0.15, -0.1) is 0 Å². The maximum absolute atomic E-state index is 8.29. The van der Waals surface area contributed by atoms with Crippen LogP contribution in [0.1, 0.15) is 45.4 Å². The standard InChI is InChI=1S/C14H21N/c1-2-3-4-5-6-7-8-9-10-11-12-13-14-15/h5-8,11-12H,2-4,9-10,13H2,1H3/b6-5+,8-7+,12-11+. The van der Waals surface area contributed by atoms with Crippen molar-refractivity contribution in [2.75, 3.05) is 0 Å². The van der Waals surface area contributed by atoms with Gasteiger partial charge >= 0.3 is 0 Å². The van der Waals surface area contributed by atoms with Crippen LogP contribution in [0.25, 0.3) is 0 Å². The highest BCUT2D eigenvalue weighted by atomic mass is 14.2. The normalized spacial score (nSPS) is 11.7. The molecule has 1 heteroatoms. The van der Waals surface area contributed by atoms with Gasteiger partial charge in [-0.3, -0.25) is 0 Å². The first-order valence-corrected chi connectivity index (χ1v) is 5.75. The van der Waals surface area contributed by atoms with Gasteiger partial charge in [0.2, 0.25) is 0 Å². The molecule has 1 nitrogen and oxygen atoms in total. The van der Waals surface area contributed by atoms with Crippen LogP contribution < -0.4 is 0 Å². The van der Waals surface area contributed by atoms with Crippen molar-refractivity contribution in [3.8, 4) is 6.07 Å². The van der Waals surface area contributed by atoms with Crippen LogP contribution in [0.15, 0.2) is 36.5 Å². The summed E-state index contributed by atoms with van der Waals surface area (Å²) in [6.07, 6.45) is 18.9. The third kappa shape index (κ3) is 12.7. The molecule has 0 saturated carbocycles. The first-order chi connectivity index (χ1) is 7.41. The van der Waals surface area contributed by atoms with Crippen LogP contribution in [0.2, 0.25) is 0 Å². The predicted molar refractivity (Wildman–Crippen MR) is 66.4 cm³/mol. The highest BCUT2D eigenvalue weighted by Gasteiger charge is 1.77. The van der Waals surface area contributed by atoms with E-state index in [1.165, 1.54) is 19.3 Å². The summed E-state index contributed by atoms with van der Waals surface area (Å²) in [5.41, 5.74) is 0. The highest BCUT2D eigenvalue weighted by Crippen LogP contribution is 1.97. The first-order valence-electron chi connectivity index (χ1n) is 5.75. The topological polar surface area (TPSA) is 23.8 Å². The van der Waals surface area contributed by atoms with E-state index in [2.05, 4.69) is 43.4 Å². The van der Waals surface area contributed by atoms with E-state index in [4.69, 9.17) is 5.26 Å². The fraction of sp³-hybridized carbons (Fsp3) is 0.500. The van der Waals surface area contributed by atoms with Crippen molar-refractivity contribution < 1.29 is 0 Å². The van der Waals surface area contributed by atoms with Crippen LogP contribution in [-0.2, 0) is 0 Å². The molecule has 15 heavy (non-hydrogen) atoms. The largest absolute Gasteiger partial charge is 0.198 e. The summed E-state index contributed by atoms with van der Waals surface area (Å²) in [7, 11) is 0. The van der Waals surface area contributed by atoms with E-state index in [0.29, 0.717) is 6.42 Å². The zero-order chi connectivity index (χ0) is 11.2. The van der Waals surface area contributed by atoms with Gasteiger partial charge < -0.3 is 0 Å². The molecule has 0 N–H and O–H groups in total. The third-order valence-electron chi connectivity index (χ3n) is 1.98. The van der Waals surface area contributed by atoms with Crippen molar-refractivity contribution in [2.45, 2.75) is 45.4 Å². The minimum atomic E-state index is 0.528. The van der Waals surface area contributed by atoms with E-state index in [0.717, 1.165) is 12.8 Å². The number of nitrogens with zero attached hydrogens (tertiary/aromatic N) is 1. The lowest BCUT2D eigenvalue weighted by Crippen LogP contribution is -1.66. The lowest BCUT2D eigenvalue weighted by molar-refractivity contribution is 0.815. The van der Waals surface area contributed by atoms with Gasteiger partial charge in [-0.1, -0.05) is 56.2 Å². The summed E-state index contributed by atoms with van der Waals surface area (Å²) >= 11 is 0. The number of hydrogen-bond donors (Lipinski definition) is 0. The summed E-state index contributed by atoms with van der Waals surface area (Å²) in [5, 5.41) is 8.29. The molecule has 0 aliphatic heterocycles. The van der Waals surface area contributed by atoms with Gasteiger partial charge in [-0.05, 0) is 19.3 Å². The Hall–Kier alpha value is -1.29. The van der Waals surface area contributed by atoms with Crippen LogP contribution in [0.5, 0.6) is 0 Å². The van der Waals surface area contributed by atoms with Crippen LogP contribution in [0.4, 0.5) is 0 Å². The first kappa shape index (κ1) is 13.7. The molecule has 0 heterocycles. The average molecular weight is 203 g/mol. The third-order valence-corrected chi connectivity index (χ3v) is 1.98. The molecule has 0 spiro atoms. The Morgan fingerprint density at radius 2 is 1.60 bits per heavy atom. The van der Waals surface area contributed by atoms with Crippen LogP contribution >= 0.6 is 0 Å². The van der Waals surface area contributed by atoms with Crippen molar-refractivity contribution >= 4 is 0 Å². The second-order valence-corrected chi connectivity index (χ2v) is 3.41. The molecular weight excluding hydrogens is 182 g/mol. The molecule has 0 aromatic carbocycles. The molecule has 0 saturated heterocycles. The smallest absolute Gasteiger partial charge is 0.0663 e. The minimum absolute atomic E-state index is 0.528. The second kappa shape index (κ2) is 12.7. The van der Waals surface area contributed by atoms with Gasteiger partial charge in [0.25, 0.3) is 0 Å². The van der Waals surface area contributed by atoms with E-state index in [-0.39, 0.29) is 0 Å². The monoisotopic (exact) mass is 203 g/mol. The van der Waals surface area contributed by atoms with Gasteiger partial charge in [0.05, 0.1) is 12.5 Å².